The predicted octanol–water partition coefficient (Wildman–Crippen LogP) is 4.08. The number of hydrogen-bond acceptors (Lipinski definition) is 5. The summed E-state index contributed by atoms with van der Waals surface area (Å²) in [7, 11) is 0. The highest BCUT2D eigenvalue weighted by Crippen LogP contribution is 2.44. The summed E-state index contributed by atoms with van der Waals surface area (Å²) in [4.78, 5) is 23.2. The maximum absolute atomic E-state index is 14.5. The molecule has 0 aliphatic carbocycles. The number of anilines is 2. The molecule has 10 heteroatoms. The second-order valence-corrected chi connectivity index (χ2v) is 8.15. The lowest BCUT2D eigenvalue weighted by atomic mass is 10.0. The number of rotatable bonds is 3. The molecule has 0 atom stereocenters. The van der Waals surface area contributed by atoms with Gasteiger partial charge in [0.25, 0.3) is 5.91 Å². The number of ether oxygens (including phenoxy) is 1. The van der Waals surface area contributed by atoms with E-state index in [9.17, 15) is 18.0 Å². The van der Waals surface area contributed by atoms with Crippen LogP contribution in [0.15, 0.2) is 54.9 Å². The van der Waals surface area contributed by atoms with Crippen molar-refractivity contribution in [3.8, 4) is 22.5 Å². The maximum atomic E-state index is 14.5. The summed E-state index contributed by atoms with van der Waals surface area (Å²) in [6, 6.07) is 10.3. The quantitative estimate of drug-likeness (QED) is 0.494. The normalized spacial score (nSPS) is 17.1. The molecule has 4 aromatic rings. The molecule has 0 spiro atoms. The first-order chi connectivity index (χ1) is 16.4. The van der Waals surface area contributed by atoms with E-state index in [-0.39, 0.29) is 5.69 Å². The number of aromatic nitrogens is 3. The van der Waals surface area contributed by atoms with Crippen molar-refractivity contribution in [2.45, 2.75) is 5.92 Å². The number of alkyl halides is 2. The van der Waals surface area contributed by atoms with Gasteiger partial charge in [0.15, 0.2) is 11.5 Å². The van der Waals surface area contributed by atoms with E-state index in [1.807, 2.05) is 0 Å². The van der Waals surface area contributed by atoms with Crippen molar-refractivity contribution in [3.63, 3.8) is 0 Å². The van der Waals surface area contributed by atoms with Crippen LogP contribution in [0.5, 0.6) is 0 Å². The highest BCUT2D eigenvalue weighted by Gasteiger charge is 2.48. The first-order valence-electron chi connectivity index (χ1n) is 10.7. The Kier molecular flexibility index (Phi) is 4.59. The zero-order valence-corrected chi connectivity index (χ0v) is 17.8. The molecule has 1 saturated heterocycles. The number of hydrogen-bond donors (Lipinski definition) is 1. The van der Waals surface area contributed by atoms with Gasteiger partial charge in [-0.15, -0.1) is 0 Å². The lowest BCUT2D eigenvalue weighted by Gasteiger charge is -2.27. The second kappa shape index (κ2) is 7.56. The molecule has 4 heterocycles. The molecule has 2 aliphatic rings. The zero-order chi connectivity index (χ0) is 23.4. The number of carbonyl (C=O) groups is 1. The number of amides is 1. The molecule has 0 saturated carbocycles. The summed E-state index contributed by atoms with van der Waals surface area (Å²) in [5, 5.41) is 2.22. The number of imidazole rings is 1. The van der Waals surface area contributed by atoms with Crippen LogP contribution in [-0.4, -0.2) is 46.6 Å². The van der Waals surface area contributed by atoms with E-state index in [1.165, 1.54) is 24.3 Å². The molecule has 2 aliphatic heterocycles. The third-order valence-electron chi connectivity index (χ3n) is 6.12. The van der Waals surface area contributed by atoms with Gasteiger partial charge in [-0.3, -0.25) is 9.20 Å². The first kappa shape index (κ1) is 20.7. The minimum atomic E-state index is -3.64. The van der Waals surface area contributed by atoms with Crippen LogP contribution in [-0.2, 0) is 15.5 Å². The molecule has 172 valence electrons. The summed E-state index contributed by atoms with van der Waals surface area (Å²) in [6.45, 7) is 2.39. The van der Waals surface area contributed by atoms with Gasteiger partial charge in [-0.25, -0.2) is 14.4 Å². The van der Waals surface area contributed by atoms with Crippen molar-refractivity contribution >= 4 is 23.1 Å². The first-order valence-corrected chi connectivity index (χ1v) is 10.7. The summed E-state index contributed by atoms with van der Waals surface area (Å²) in [6.07, 6.45) is 3.34. The SMILES string of the molecule is O=C1Nc2ccc(-c3c(-c4ccc(F)cc4)nc4c(N5CCOCC5)nccn34)cc2C1(F)F. The molecule has 2 aromatic carbocycles. The van der Waals surface area contributed by atoms with Crippen LogP contribution in [0.1, 0.15) is 5.56 Å². The van der Waals surface area contributed by atoms with Crippen LogP contribution in [0.4, 0.5) is 24.7 Å². The Hall–Kier alpha value is -3.92. The van der Waals surface area contributed by atoms with E-state index in [0.717, 1.165) is 0 Å². The van der Waals surface area contributed by atoms with Crippen molar-refractivity contribution < 1.29 is 22.7 Å². The van der Waals surface area contributed by atoms with Gasteiger partial charge in [0.2, 0.25) is 0 Å². The fourth-order valence-electron chi connectivity index (χ4n) is 4.43. The molecule has 0 bridgehead atoms. The lowest BCUT2D eigenvalue weighted by molar-refractivity contribution is -0.139. The Morgan fingerprint density at radius 2 is 1.76 bits per heavy atom. The third kappa shape index (κ3) is 3.13. The molecule has 1 amide bonds. The lowest BCUT2D eigenvalue weighted by Crippen LogP contribution is -2.37. The topological polar surface area (TPSA) is 71.8 Å². The standard InChI is InChI=1S/C24H18F3N5O2/c25-16-4-1-14(2-5-16)19-20(15-3-6-18-17(13-15)24(26,27)23(33)29-18)32-8-7-28-21(22(32)30-19)31-9-11-34-12-10-31/h1-8,13H,9-12H2,(H,29,33). The summed E-state index contributed by atoms with van der Waals surface area (Å²) in [5.41, 5.74) is 2.32. The number of morpholine rings is 1. The monoisotopic (exact) mass is 465 g/mol. The van der Waals surface area contributed by atoms with Crippen molar-refractivity contribution in [1.82, 2.24) is 14.4 Å². The van der Waals surface area contributed by atoms with Crippen LogP contribution in [0, 0.1) is 5.82 Å². The van der Waals surface area contributed by atoms with E-state index in [0.29, 0.717) is 60.3 Å². The number of benzene rings is 2. The average Bonchev–Trinajstić information content (AvgIpc) is 3.34. The molecule has 0 unspecified atom stereocenters. The number of halogens is 3. The van der Waals surface area contributed by atoms with Crippen LogP contribution in [0.2, 0.25) is 0 Å². The number of fused-ring (bicyclic) bond motifs is 2. The average molecular weight is 465 g/mol. The fraction of sp³-hybridized carbons (Fsp3) is 0.208. The molecule has 1 N–H and O–H groups in total. The minimum absolute atomic E-state index is 0.0755. The number of carbonyl (C=O) groups excluding carboxylic acids is 1. The molecule has 6 rings (SSSR count). The van der Waals surface area contributed by atoms with E-state index >= 15 is 0 Å². The van der Waals surface area contributed by atoms with Crippen LogP contribution >= 0.6 is 0 Å². The maximum Gasteiger partial charge on any atom is 0.352 e. The van der Waals surface area contributed by atoms with Crippen LogP contribution in [0.3, 0.4) is 0 Å². The predicted molar refractivity (Wildman–Crippen MR) is 119 cm³/mol. The highest BCUT2D eigenvalue weighted by molar-refractivity contribution is 6.04. The number of nitrogens with zero attached hydrogens (tertiary/aromatic N) is 4. The Morgan fingerprint density at radius 1 is 1.03 bits per heavy atom. The van der Waals surface area contributed by atoms with Gasteiger partial charge < -0.3 is 15.0 Å². The summed E-state index contributed by atoms with van der Waals surface area (Å²) in [5.74, 6) is -4.74. The summed E-state index contributed by atoms with van der Waals surface area (Å²) >= 11 is 0. The molecule has 0 radical (unpaired) electrons. The Labute approximate surface area is 191 Å². The van der Waals surface area contributed by atoms with E-state index < -0.39 is 23.2 Å². The zero-order valence-electron chi connectivity index (χ0n) is 17.8. The van der Waals surface area contributed by atoms with Gasteiger partial charge in [0, 0.05) is 36.6 Å². The van der Waals surface area contributed by atoms with E-state index in [2.05, 4.69) is 15.2 Å². The van der Waals surface area contributed by atoms with Crippen LogP contribution in [0.25, 0.3) is 28.2 Å². The smallest absolute Gasteiger partial charge is 0.352 e. The molecular formula is C24H18F3N5O2. The van der Waals surface area contributed by atoms with Crippen molar-refractivity contribution in [1.29, 1.82) is 0 Å². The molecule has 7 nitrogen and oxygen atoms in total. The van der Waals surface area contributed by atoms with Gasteiger partial charge in [0.05, 0.1) is 35.9 Å². The van der Waals surface area contributed by atoms with Gasteiger partial charge in [-0.2, -0.15) is 8.78 Å². The van der Waals surface area contributed by atoms with Crippen molar-refractivity contribution in [3.05, 3.63) is 66.2 Å². The summed E-state index contributed by atoms with van der Waals surface area (Å²) < 4.78 is 49.9. The molecule has 1 fully saturated rings. The largest absolute Gasteiger partial charge is 0.378 e. The van der Waals surface area contributed by atoms with Crippen LogP contribution < -0.4 is 10.2 Å². The van der Waals surface area contributed by atoms with Gasteiger partial charge >= 0.3 is 5.92 Å². The molecule has 2 aromatic heterocycles. The van der Waals surface area contributed by atoms with Crippen molar-refractivity contribution in [2.24, 2.45) is 0 Å². The van der Waals surface area contributed by atoms with Gasteiger partial charge in [0.1, 0.15) is 5.82 Å². The van der Waals surface area contributed by atoms with Gasteiger partial charge in [-0.1, -0.05) is 6.07 Å². The Bertz CT molecular complexity index is 1430. The minimum Gasteiger partial charge on any atom is -0.378 e. The van der Waals surface area contributed by atoms with Crippen molar-refractivity contribution in [2.75, 3.05) is 36.5 Å². The second-order valence-electron chi connectivity index (χ2n) is 8.15. The third-order valence-corrected chi connectivity index (χ3v) is 6.12. The number of nitrogens with one attached hydrogen (secondary N) is 1. The van der Waals surface area contributed by atoms with E-state index in [4.69, 9.17) is 9.72 Å². The van der Waals surface area contributed by atoms with Gasteiger partial charge in [-0.05, 0) is 36.4 Å². The molecular weight excluding hydrogens is 447 g/mol. The van der Waals surface area contributed by atoms with E-state index in [1.54, 1.807) is 35.0 Å². The fourth-order valence-corrected chi connectivity index (χ4v) is 4.43. The Balaban J connectivity index is 1.60. The highest BCUT2D eigenvalue weighted by atomic mass is 19.3. The molecule has 34 heavy (non-hydrogen) atoms. The Morgan fingerprint density at radius 3 is 2.53 bits per heavy atom.